The molecule has 0 saturated carbocycles. The lowest BCUT2D eigenvalue weighted by Crippen LogP contribution is -2.45. The second kappa shape index (κ2) is 5.10. The van der Waals surface area contributed by atoms with E-state index in [1.165, 1.54) is 18.2 Å². The minimum atomic E-state index is -0.465. The molecule has 0 spiro atoms. The zero-order valence-electron chi connectivity index (χ0n) is 10.00. The molecule has 1 fully saturated rings. The number of nitrogens with zero attached hydrogens (tertiary/aromatic N) is 1. The van der Waals surface area contributed by atoms with Gasteiger partial charge >= 0.3 is 0 Å². The van der Waals surface area contributed by atoms with Gasteiger partial charge in [-0.2, -0.15) is 0 Å². The molecule has 1 aliphatic rings. The van der Waals surface area contributed by atoms with Gasteiger partial charge in [0.1, 0.15) is 11.6 Å². The summed E-state index contributed by atoms with van der Waals surface area (Å²) in [6, 6.07) is 4.20. The third-order valence-electron chi connectivity index (χ3n) is 3.50. The lowest BCUT2D eigenvalue weighted by Gasteiger charge is -2.35. The summed E-state index contributed by atoms with van der Waals surface area (Å²) in [5.74, 6) is -0.557. The predicted molar refractivity (Wildman–Crippen MR) is 63.4 cm³/mol. The summed E-state index contributed by atoms with van der Waals surface area (Å²) < 4.78 is 27.0. The Bertz CT molecular complexity index is 375. The second-order valence-electron chi connectivity index (χ2n) is 4.87. The Morgan fingerprint density at radius 3 is 2.59 bits per heavy atom. The first kappa shape index (κ1) is 12.5. The maximum atomic E-state index is 13.5. The smallest absolute Gasteiger partial charge is 0.130 e. The molecule has 1 aliphatic heterocycles. The van der Waals surface area contributed by atoms with Crippen LogP contribution < -0.4 is 5.73 Å². The van der Waals surface area contributed by atoms with Crippen molar-refractivity contribution in [2.24, 2.45) is 11.7 Å². The summed E-state index contributed by atoms with van der Waals surface area (Å²) >= 11 is 0. The average molecular weight is 240 g/mol. The Kier molecular flexibility index (Phi) is 3.74. The second-order valence-corrected chi connectivity index (χ2v) is 4.87. The van der Waals surface area contributed by atoms with E-state index in [2.05, 4.69) is 11.8 Å². The fourth-order valence-electron chi connectivity index (χ4n) is 2.30. The lowest BCUT2D eigenvalue weighted by atomic mass is 9.94. The minimum Gasteiger partial charge on any atom is -0.327 e. The number of benzene rings is 1. The molecule has 0 radical (unpaired) electrons. The molecule has 4 heteroatoms. The molecule has 2 rings (SSSR count). The van der Waals surface area contributed by atoms with Crippen LogP contribution in [-0.4, -0.2) is 24.0 Å². The standard InChI is InChI=1S/C13H18F2N2/c1-9-7-17(6-5-13(9)16)8-10-11(14)3-2-4-12(10)15/h2-4,9,13H,5-8,16H2,1H3. The van der Waals surface area contributed by atoms with Crippen molar-refractivity contribution in [2.75, 3.05) is 13.1 Å². The summed E-state index contributed by atoms with van der Waals surface area (Å²) in [6.45, 7) is 4.01. The van der Waals surface area contributed by atoms with Gasteiger partial charge in [0.15, 0.2) is 0 Å². The topological polar surface area (TPSA) is 29.3 Å². The molecule has 2 nitrogen and oxygen atoms in total. The highest BCUT2D eigenvalue weighted by molar-refractivity contribution is 5.19. The Morgan fingerprint density at radius 2 is 2.00 bits per heavy atom. The van der Waals surface area contributed by atoms with Gasteiger partial charge < -0.3 is 5.73 Å². The van der Waals surface area contributed by atoms with Crippen LogP contribution in [-0.2, 0) is 6.54 Å². The molecule has 0 aliphatic carbocycles. The molecule has 1 aromatic rings. The third-order valence-corrected chi connectivity index (χ3v) is 3.50. The molecule has 2 atom stereocenters. The van der Waals surface area contributed by atoms with Crippen LogP contribution in [0.25, 0.3) is 0 Å². The van der Waals surface area contributed by atoms with E-state index in [-0.39, 0.29) is 11.6 Å². The lowest BCUT2D eigenvalue weighted by molar-refractivity contribution is 0.154. The number of likely N-dealkylation sites (tertiary alicyclic amines) is 1. The van der Waals surface area contributed by atoms with E-state index < -0.39 is 11.6 Å². The first-order chi connectivity index (χ1) is 8.08. The molecular formula is C13H18F2N2. The molecule has 1 saturated heterocycles. The number of hydrogen-bond acceptors (Lipinski definition) is 2. The van der Waals surface area contributed by atoms with Crippen molar-refractivity contribution in [1.82, 2.24) is 4.90 Å². The van der Waals surface area contributed by atoms with Gasteiger partial charge in [-0.15, -0.1) is 0 Å². The van der Waals surface area contributed by atoms with Crippen molar-refractivity contribution in [2.45, 2.75) is 25.9 Å². The van der Waals surface area contributed by atoms with Gasteiger partial charge in [-0.25, -0.2) is 8.78 Å². The van der Waals surface area contributed by atoms with E-state index in [0.717, 1.165) is 19.5 Å². The molecule has 0 bridgehead atoms. The van der Waals surface area contributed by atoms with Crippen molar-refractivity contribution < 1.29 is 8.78 Å². The van der Waals surface area contributed by atoms with Crippen LogP contribution in [0.2, 0.25) is 0 Å². The van der Waals surface area contributed by atoms with Crippen molar-refractivity contribution in [1.29, 1.82) is 0 Å². The quantitative estimate of drug-likeness (QED) is 0.858. The van der Waals surface area contributed by atoms with Crippen molar-refractivity contribution in [3.8, 4) is 0 Å². The Hall–Kier alpha value is -1.00. The largest absolute Gasteiger partial charge is 0.327 e. The molecule has 17 heavy (non-hydrogen) atoms. The van der Waals surface area contributed by atoms with Crippen molar-refractivity contribution >= 4 is 0 Å². The molecule has 0 aromatic heterocycles. The van der Waals surface area contributed by atoms with E-state index in [1.54, 1.807) is 0 Å². The van der Waals surface area contributed by atoms with E-state index >= 15 is 0 Å². The van der Waals surface area contributed by atoms with Crippen LogP contribution in [0, 0.1) is 17.6 Å². The van der Waals surface area contributed by atoms with E-state index in [0.29, 0.717) is 12.5 Å². The molecule has 1 heterocycles. The normalized spacial score (nSPS) is 26.1. The summed E-state index contributed by atoms with van der Waals surface area (Å²) in [4.78, 5) is 2.06. The first-order valence-corrected chi connectivity index (χ1v) is 5.98. The number of halogens is 2. The van der Waals surface area contributed by atoms with Crippen LogP contribution in [0.4, 0.5) is 8.78 Å². The molecule has 2 unspecified atom stereocenters. The maximum Gasteiger partial charge on any atom is 0.130 e. The van der Waals surface area contributed by atoms with Crippen molar-refractivity contribution in [3.05, 3.63) is 35.4 Å². The maximum absolute atomic E-state index is 13.5. The molecular weight excluding hydrogens is 222 g/mol. The SMILES string of the molecule is CC1CN(Cc2c(F)cccc2F)CCC1N. The summed E-state index contributed by atoms with van der Waals surface area (Å²) in [5.41, 5.74) is 6.08. The van der Waals surface area contributed by atoms with Gasteiger partial charge in [0, 0.05) is 24.7 Å². The van der Waals surface area contributed by atoms with Gasteiger partial charge in [-0.3, -0.25) is 4.90 Å². The molecule has 2 N–H and O–H groups in total. The Labute approximate surface area is 100 Å². The summed E-state index contributed by atoms with van der Waals surface area (Å²) in [5, 5.41) is 0. The number of nitrogens with two attached hydrogens (primary N) is 1. The van der Waals surface area contributed by atoms with Crippen LogP contribution in [0.5, 0.6) is 0 Å². The van der Waals surface area contributed by atoms with E-state index in [4.69, 9.17) is 5.73 Å². The average Bonchev–Trinajstić information content (AvgIpc) is 2.28. The van der Waals surface area contributed by atoms with Crippen LogP contribution in [0.1, 0.15) is 18.9 Å². The monoisotopic (exact) mass is 240 g/mol. The van der Waals surface area contributed by atoms with Gasteiger partial charge in [-0.1, -0.05) is 13.0 Å². The fraction of sp³-hybridized carbons (Fsp3) is 0.538. The number of rotatable bonds is 2. The minimum absolute atomic E-state index is 0.162. The summed E-state index contributed by atoms with van der Waals surface area (Å²) in [6.07, 6.45) is 0.886. The van der Waals surface area contributed by atoms with Crippen LogP contribution in [0.3, 0.4) is 0 Å². The van der Waals surface area contributed by atoms with E-state index in [1.807, 2.05) is 0 Å². The van der Waals surface area contributed by atoms with Crippen LogP contribution in [0.15, 0.2) is 18.2 Å². The first-order valence-electron chi connectivity index (χ1n) is 5.98. The fourth-order valence-corrected chi connectivity index (χ4v) is 2.30. The van der Waals surface area contributed by atoms with Gasteiger partial charge in [-0.05, 0) is 31.0 Å². The van der Waals surface area contributed by atoms with Gasteiger partial charge in [0.05, 0.1) is 0 Å². The molecule has 1 aromatic carbocycles. The highest BCUT2D eigenvalue weighted by Crippen LogP contribution is 2.20. The number of piperidine rings is 1. The molecule has 0 amide bonds. The van der Waals surface area contributed by atoms with Gasteiger partial charge in [0.25, 0.3) is 0 Å². The zero-order valence-corrected chi connectivity index (χ0v) is 10.00. The van der Waals surface area contributed by atoms with E-state index in [9.17, 15) is 8.78 Å². The highest BCUT2D eigenvalue weighted by atomic mass is 19.1. The highest BCUT2D eigenvalue weighted by Gasteiger charge is 2.24. The van der Waals surface area contributed by atoms with Crippen LogP contribution >= 0.6 is 0 Å². The van der Waals surface area contributed by atoms with Crippen molar-refractivity contribution in [3.63, 3.8) is 0 Å². The Morgan fingerprint density at radius 1 is 1.35 bits per heavy atom. The predicted octanol–water partition coefficient (Wildman–Crippen LogP) is 2.13. The zero-order chi connectivity index (χ0) is 12.4. The number of hydrogen-bond donors (Lipinski definition) is 1. The van der Waals surface area contributed by atoms with Gasteiger partial charge in [0.2, 0.25) is 0 Å². The molecule has 94 valence electrons. The Balaban J connectivity index is 2.06. The third kappa shape index (κ3) is 2.82. The summed E-state index contributed by atoms with van der Waals surface area (Å²) in [7, 11) is 0.